The summed E-state index contributed by atoms with van der Waals surface area (Å²) in [4.78, 5) is 9.29. The molecule has 6 nitrogen and oxygen atoms in total. The van der Waals surface area contributed by atoms with Gasteiger partial charge in [-0.3, -0.25) is 0 Å². The lowest BCUT2D eigenvalue weighted by Crippen LogP contribution is -2.19. The van der Waals surface area contributed by atoms with Gasteiger partial charge in [-0.15, -0.1) is 0 Å². The first kappa shape index (κ1) is 19.8. The zero-order valence-corrected chi connectivity index (χ0v) is 16.4. The van der Waals surface area contributed by atoms with Crippen LogP contribution < -0.4 is 10.6 Å². The summed E-state index contributed by atoms with van der Waals surface area (Å²) >= 11 is 0. The van der Waals surface area contributed by atoms with E-state index in [1.165, 1.54) is 0 Å². The lowest BCUT2D eigenvalue weighted by molar-refractivity contribution is 0.275. The zero-order valence-electron chi connectivity index (χ0n) is 16.4. The van der Waals surface area contributed by atoms with Gasteiger partial charge in [-0.1, -0.05) is 72.8 Å². The van der Waals surface area contributed by atoms with Crippen LogP contribution in [0.2, 0.25) is 0 Å². The predicted molar refractivity (Wildman–Crippen MR) is 119 cm³/mol. The highest BCUT2D eigenvalue weighted by Crippen LogP contribution is 2.27. The van der Waals surface area contributed by atoms with Crippen LogP contribution in [-0.2, 0) is 0 Å². The molecule has 0 fully saturated rings. The van der Waals surface area contributed by atoms with E-state index >= 15 is 0 Å². The average molecular weight is 400 g/mol. The Balaban J connectivity index is 1.69. The fourth-order valence-electron chi connectivity index (χ4n) is 3.41. The number of benzene rings is 3. The van der Waals surface area contributed by atoms with E-state index in [-0.39, 0.29) is 25.3 Å². The van der Waals surface area contributed by atoms with Gasteiger partial charge in [-0.05, 0) is 23.3 Å². The second-order valence-electron chi connectivity index (χ2n) is 6.99. The minimum absolute atomic E-state index is 0.0750. The van der Waals surface area contributed by atoms with Crippen molar-refractivity contribution in [3.8, 4) is 0 Å². The Kier molecular flexibility index (Phi) is 6.17. The van der Waals surface area contributed by atoms with Crippen molar-refractivity contribution in [2.75, 3.05) is 23.8 Å². The number of hydrogen-bond acceptors (Lipinski definition) is 6. The zero-order chi connectivity index (χ0) is 20.8. The number of anilines is 2. The highest BCUT2D eigenvalue weighted by atomic mass is 16.3. The van der Waals surface area contributed by atoms with Crippen LogP contribution >= 0.6 is 0 Å². The van der Waals surface area contributed by atoms with Crippen LogP contribution in [-0.4, -0.2) is 33.4 Å². The SMILES string of the molecule is OCC(Nc1nc(NC(CO)c2ccccc2)c2ccccc2n1)c1ccccc1. The predicted octanol–water partition coefficient (Wildman–Crippen LogP) is 3.92. The smallest absolute Gasteiger partial charge is 0.225 e. The molecule has 152 valence electrons. The van der Waals surface area contributed by atoms with E-state index in [1.54, 1.807) is 0 Å². The molecule has 4 rings (SSSR count). The highest BCUT2D eigenvalue weighted by molar-refractivity contribution is 5.90. The van der Waals surface area contributed by atoms with Crippen molar-refractivity contribution in [3.05, 3.63) is 96.1 Å². The monoisotopic (exact) mass is 400 g/mol. The summed E-state index contributed by atoms with van der Waals surface area (Å²) in [7, 11) is 0. The molecule has 2 atom stereocenters. The molecule has 0 bridgehead atoms. The Morgan fingerprint density at radius 1 is 0.633 bits per heavy atom. The topological polar surface area (TPSA) is 90.3 Å². The Morgan fingerprint density at radius 2 is 1.17 bits per heavy atom. The lowest BCUT2D eigenvalue weighted by Gasteiger charge is -2.21. The Labute approximate surface area is 175 Å². The number of fused-ring (bicyclic) bond motifs is 1. The van der Waals surface area contributed by atoms with E-state index in [0.29, 0.717) is 11.8 Å². The van der Waals surface area contributed by atoms with E-state index < -0.39 is 0 Å². The molecule has 0 saturated heterocycles. The molecule has 4 N–H and O–H groups in total. The van der Waals surface area contributed by atoms with Gasteiger partial charge in [-0.2, -0.15) is 4.98 Å². The summed E-state index contributed by atoms with van der Waals surface area (Å²) in [5.41, 5.74) is 2.69. The molecule has 0 saturated carbocycles. The molecular weight excluding hydrogens is 376 g/mol. The molecule has 1 aromatic heterocycles. The first-order valence-electron chi connectivity index (χ1n) is 9.90. The number of aliphatic hydroxyl groups excluding tert-OH is 2. The number of hydrogen-bond donors (Lipinski definition) is 4. The summed E-state index contributed by atoms with van der Waals surface area (Å²) < 4.78 is 0. The Bertz CT molecular complexity index is 1090. The molecule has 4 aromatic rings. The third kappa shape index (κ3) is 4.40. The standard InChI is InChI=1S/C24H24N4O2/c29-15-21(17-9-3-1-4-10-17)25-23-19-13-7-8-14-20(19)26-24(28-23)27-22(16-30)18-11-5-2-6-12-18/h1-14,21-22,29-30H,15-16H2,(H2,25,26,27,28). The molecule has 0 aliphatic heterocycles. The molecule has 0 aliphatic carbocycles. The van der Waals surface area contributed by atoms with Crippen LogP contribution in [0.4, 0.5) is 11.8 Å². The molecular formula is C24H24N4O2. The van der Waals surface area contributed by atoms with Crippen molar-refractivity contribution in [3.63, 3.8) is 0 Å². The van der Waals surface area contributed by atoms with Gasteiger partial charge in [0.25, 0.3) is 0 Å². The number of nitrogens with one attached hydrogen (secondary N) is 2. The number of rotatable bonds is 8. The van der Waals surface area contributed by atoms with Crippen LogP contribution in [0.1, 0.15) is 23.2 Å². The number of para-hydroxylation sites is 1. The molecule has 0 amide bonds. The van der Waals surface area contributed by atoms with Crippen molar-refractivity contribution in [2.24, 2.45) is 0 Å². The maximum absolute atomic E-state index is 9.96. The molecule has 0 spiro atoms. The summed E-state index contributed by atoms with van der Waals surface area (Å²) in [6, 6.07) is 26.5. The fraction of sp³-hybridized carbons (Fsp3) is 0.167. The van der Waals surface area contributed by atoms with Gasteiger partial charge in [0.05, 0.1) is 30.8 Å². The van der Waals surface area contributed by atoms with Gasteiger partial charge in [-0.25, -0.2) is 4.98 Å². The van der Waals surface area contributed by atoms with Crippen LogP contribution in [0, 0.1) is 0 Å². The maximum atomic E-state index is 9.96. The number of aromatic nitrogens is 2. The van der Waals surface area contributed by atoms with Crippen molar-refractivity contribution in [1.29, 1.82) is 0 Å². The van der Waals surface area contributed by atoms with Gasteiger partial charge in [0.2, 0.25) is 5.95 Å². The summed E-state index contributed by atoms with van der Waals surface area (Å²) in [6.45, 7) is -0.166. The minimum atomic E-state index is -0.331. The van der Waals surface area contributed by atoms with Gasteiger partial charge in [0.1, 0.15) is 5.82 Å². The van der Waals surface area contributed by atoms with Gasteiger partial charge in [0, 0.05) is 5.39 Å². The number of nitrogens with zero attached hydrogens (tertiary/aromatic N) is 2. The van der Waals surface area contributed by atoms with Crippen LogP contribution in [0.3, 0.4) is 0 Å². The van der Waals surface area contributed by atoms with Crippen LogP contribution in [0.25, 0.3) is 10.9 Å². The van der Waals surface area contributed by atoms with Gasteiger partial charge < -0.3 is 20.8 Å². The Hall–Kier alpha value is -3.48. The first-order chi connectivity index (χ1) is 14.8. The molecule has 6 heteroatoms. The van der Waals surface area contributed by atoms with Crippen molar-refractivity contribution in [1.82, 2.24) is 9.97 Å². The van der Waals surface area contributed by atoms with E-state index in [1.807, 2.05) is 84.9 Å². The molecule has 1 heterocycles. The molecule has 0 aliphatic rings. The minimum Gasteiger partial charge on any atom is -0.394 e. The average Bonchev–Trinajstić information content (AvgIpc) is 2.82. The second-order valence-corrected chi connectivity index (χ2v) is 6.99. The number of aliphatic hydroxyl groups is 2. The van der Waals surface area contributed by atoms with Crippen molar-refractivity contribution >= 4 is 22.7 Å². The van der Waals surface area contributed by atoms with E-state index in [9.17, 15) is 10.2 Å². The Morgan fingerprint density at radius 3 is 1.77 bits per heavy atom. The largest absolute Gasteiger partial charge is 0.394 e. The third-order valence-corrected chi connectivity index (χ3v) is 4.99. The van der Waals surface area contributed by atoms with Crippen molar-refractivity contribution in [2.45, 2.75) is 12.1 Å². The molecule has 3 aromatic carbocycles. The highest BCUT2D eigenvalue weighted by Gasteiger charge is 2.16. The summed E-state index contributed by atoms with van der Waals surface area (Å²) in [5, 5.41) is 27.3. The van der Waals surface area contributed by atoms with Gasteiger partial charge >= 0.3 is 0 Å². The van der Waals surface area contributed by atoms with Crippen LogP contribution in [0.15, 0.2) is 84.9 Å². The van der Waals surface area contributed by atoms with Gasteiger partial charge in [0.15, 0.2) is 0 Å². The quantitative estimate of drug-likeness (QED) is 0.358. The summed E-state index contributed by atoms with van der Waals surface area (Å²) in [6.07, 6.45) is 0. The third-order valence-electron chi connectivity index (χ3n) is 4.99. The maximum Gasteiger partial charge on any atom is 0.225 e. The van der Waals surface area contributed by atoms with Crippen molar-refractivity contribution < 1.29 is 10.2 Å². The van der Waals surface area contributed by atoms with E-state index in [2.05, 4.69) is 20.6 Å². The molecule has 30 heavy (non-hydrogen) atoms. The fourth-order valence-corrected chi connectivity index (χ4v) is 3.41. The second kappa shape index (κ2) is 9.35. The summed E-state index contributed by atoms with van der Waals surface area (Å²) in [5.74, 6) is 1.03. The first-order valence-corrected chi connectivity index (χ1v) is 9.90. The van der Waals surface area contributed by atoms with E-state index in [4.69, 9.17) is 0 Å². The normalized spacial score (nSPS) is 13.0. The molecule has 2 unspecified atom stereocenters. The van der Waals surface area contributed by atoms with Crippen LogP contribution in [0.5, 0.6) is 0 Å². The lowest BCUT2D eigenvalue weighted by atomic mass is 10.1. The van der Waals surface area contributed by atoms with E-state index in [0.717, 1.165) is 22.0 Å². The molecule has 0 radical (unpaired) electrons.